The van der Waals surface area contributed by atoms with Crippen LogP contribution in [-0.2, 0) is 7.05 Å². The van der Waals surface area contributed by atoms with E-state index in [9.17, 15) is 0 Å². The predicted molar refractivity (Wildman–Crippen MR) is 72.7 cm³/mol. The number of rotatable bonds is 4. The molecule has 0 saturated carbocycles. The molecule has 0 aliphatic heterocycles. The molecule has 0 saturated heterocycles. The molecule has 2 rings (SSSR count). The molecule has 0 fully saturated rings. The Labute approximate surface area is 111 Å². The van der Waals surface area contributed by atoms with Crippen molar-refractivity contribution in [2.75, 3.05) is 7.11 Å². The second kappa shape index (κ2) is 5.09. The minimum atomic E-state index is -0.107. The maximum absolute atomic E-state index is 5.71. The van der Waals surface area contributed by atoms with Crippen LogP contribution in [0.3, 0.4) is 0 Å². The van der Waals surface area contributed by atoms with Gasteiger partial charge in [0.25, 0.3) is 0 Å². The third kappa shape index (κ3) is 2.14. The Morgan fingerprint density at radius 3 is 2.72 bits per heavy atom. The third-order valence-electron chi connectivity index (χ3n) is 3.08. The Morgan fingerprint density at radius 1 is 1.50 bits per heavy atom. The molecule has 18 heavy (non-hydrogen) atoms. The average Bonchev–Trinajstić information content (AvgIpc) is 2.86. The van der Waals surface area contributed by atoms with E-state index in [0.29, 0.717) is 0 Å². The lowest BCUT2D eigenvalue weighted by atomic mass is 10.1. The molecular formula is C12H18N4OS. The van der Waals surface area contributed by atoms with Gasteiger partial charge in [-0.2, -0.15) is 5.10 Å². The molecule has 3 N–H and O–H groups in total. The van der Waals surface area contributed by atoms with Crippen molar-refractivity contribution in [3.63, 3.8) is 0 Å². The fourth-order valence-electron chi connectivity index (χ4n) is 1.95. The first-order valence-corrected chi connectivity index (χ1v) is 6.49. The van der Waals surface area contributed by atoms with Gasteiger partial charge < -0.3 is 4.74 Å². The number of hydrazine groups is 1. The van der Waals surface area contributed by atoms with Crippen molar-refractivity contribution in [1.29, 1.82) is 0 Å². The second-order valence-electron chi connectivity index (χ2n) is 4.21. The van der Waals surface area contributed by atoms with Gasteiger partial charge in [0.15, 0.2) is 5.75 Å². The summed E-state index contributed by atoms with van der Waals surface area (Å²) in [4.78, 5) is 2.46. The maximum atomic E-state index is 5.71. The first-order valence-electron chi connectivity index (χ1n) is 5.67. The molecule has 5 nitrogen and oxygen atoms in total. The Kier molecular flexibility index (Phi) is 3.70. The lowest BCUT2D eigenvalue weighted by Gasteiger charge is -2.16. The van der Waals surface area contributed by atoms with Gasteiger partial charge in [-0.1, -0.05) is 0 Å². The van der Waals surface area contributed by atoms with Crippen LogP contribution in [0.5, 0.6) is 5.75 Å². The van der Waals surface area contributed by atoms with Crippen molar-refractivity contribution in [2.24, 2.45) is 12.9 Å². The number of nitrogens with two attached hydrogens (primary N) is 1. The van der Waals surface area contributed by atoms with Crippen molar-refractivity contribution < 1.29 is 4.74 Å². The number of nitrogens with one attached hydrogen (secondary N) is 1. The average molecular weight is 266 g/mol. The minimum Gasteiger partial charge on any atom is -0.493 e. The van der Waals surface area contributed by atoms with Gasteiger partial charge in [0.1, 0.15) is 11.7 Å². The van der Waals surface area contributed by atoms with Crippen LogP contribution in [0.25, 0.3) is 0 Å². The molecule has 0 aliphatic carbocycles. The topological polar surface area (TPSA) is 65.1 Å². The van der Waals surface area contributed by atoms with Crippen molar-refractivity contribution in [2.45, 2.75) is 19.9 Å². The smallest absolute Gasteiger partial charge is 0.162 e. The van der Waals surface area contributed by atoms with Crippen LogP contribution >= 0.6 is 11.3 Å². The number of hydrogen-bond acceptors (Lipinski definition) is 5. The Morgan fingerprint density at radius 2 is 2.22 bits per heavy atom. The standard InChI is InChI=1S/C12H18N4OS/c1-7-5-10(18-8(7)2)11(15-13)12-9(17-4)6-14-16(12)3/h5-6,11,15H,13H2,1-4H3. The SMILES string of the molecule is COc1cnn(C)c1C(NN)c1cc(C)c(C)s1. The van der Waals surface area contributed by atoms with Gasteiger partial charge in [0, 0.05) is 16.8 Å². The molecule has 6 heteroatoms. The zero-order valence-corrected chi connectivity index (χ0v) is 11.8. The number of hydrogen-bond donors (Lipinski definition) is 2. The summed E-state index contributed by atoms with van der Waals surface area (Å²) in [5, 5.41) is 4.21. The highest BCUT2D eigenvalue weighted by molar-refractivity contribution is 7.12. The summed E-state index contributed by atoms with van der Waals surface area (Å²) in [7, 11) is 3.52. The quantitative estimate of drug-likeness (QED) is 0.652. The third-order valence-corrected chi connectivity index (χ3v) is 4.30. The molecule has 2 aromatic heterocycles. The van der Waals surface area contributed by atoms with E-state index in [1.165, 1.54) is 10.4 Å². The Balaban J connectivity index is 2.47. The van der Waals surface area contributed by atoms with Crippen molar-refractivity contribution in [3.05, 3.63) is 33.3 Å². The van der Waals surface area contributed by atoms with Crippen molar-refractivity contribution in [1.82, 2.24) is 15.2 Å². The molecular weight excluding hydrogens is 248 g/mol. The van der Waals surface area contributed by atoms with Crippen LogP contribution in [0.15, 0.2) is 12.3 Å². The van der Waals surface area contributed by atoms with Crippen LogP contribution in [0, 0.1) is 13.8 Å². The van der Waals surface area contributed by atoms with E-state index < -0.39 is 0 Å². The van der Waals surface area contributed by atoms with E-state index in [4.69, 9.17) is 10.6 Å². The van der Waals surface area contributed by atoms with E-state index in [1.54, 1.807) is 29.3 Å². The van der Waals surface area contributed by atoms with Gasteiger partial charge in [0.05, 0.1) is 13.3 Å². The molecule has 0 aromatic carbocycles. The van der Waals surface area contributed by atoms with E-state index in [0.717, 1.165) is 16.3 Å². The van der Waals surface area contributed by atoms with E-state index in [1.807, 2.05) is 7.05 Å². The summed E-state index contributed by atoms with van der Waals surface area (Å²) in [5.74, 6) is 6.45. The van der Waals surface area contributed by atoms with E-state index in [-0.39, 0.29) is 6.04 Å². The normalized spacial score (nSPS) is 12.7. The molecule has 1 atom stereocenters. The van der Waals surface area contributed by atoms with Gasteiger partial charge in [-0.3, -0.25) is 10.5 Å². The van der Waals surface area contributed by atoms with Gasteiger partial charge in [-0.05, 0) is 25.5 Å². The summed E-state index contributed by atoms with van der Waals surface area (Å²) in [6.07, 6.45) is 1.70. The molecule has 2 aromatic rings. The largest absolute Gasteiger partial charge is 0.493 e. The fourth-order valence-corrected chi connectivity index (χ4v) is 3.06. The highest BCUT2D eigenvalue weighted by atomic mass is 32.1. The minimum absolute atomic E-state index is 0.107. The Bertz CT molecular complexity index is 527. The maximum Gasteiger partial charge on any atom is 0.162 e. The van der Waals surface area contributed by atoms with E-state index in [2.05, 4.69) is 30.4 Å². The molecule has 0 spiro atoms. The number of thiophene rings is 1. The highest BCUT2D eigenvalue weighted by Crippen LogP contribution is 2.34. The molecule has 0 amide bonds. The van der Waals surface area contributed by atoms with Gasteiger partial charge in [-0.15, -0.1) is 11.3 Å². The molecule has 0 aliphatic rings. The summed E-state index contributed by atoms with van der Waals surface area (Å²) in [5.41, 5.74) is 5.05. The monoisotopic (exact) mass is 266 g/mol. The lowest BCUT2D eigenvalue weighted by molar-refractivity contribution is 0.401. The van der Waals surface area contributed by atoms with Crippen LogP contribution in [0.4, 0.5) is 0 Å². The molecule has 0 bridgehead atoms. The Hall–Kier alpha value is -1.37. The predicted octanol–water partition coefficient (Wildman–Crippen LogP) is 1.66. The molecule has 1 unspecified atom stereocenters. The molecule has 2 heterocycles. The zero-order valence-electron chi connectivity index (χ0n) is 11.0. The van der Waals surface area contributed by atoms with Crippen molar-refractivity contribution >= 4 is 11.3 Å². The summed E-state index contributed by atoms with van der Waals surface area (Å²) in [6.45, 7) is 4.21. The highest BCUT2D eigenvalue weighted by Gasteiger charge is 2.23. The van der Waals surface area contributed by atoms with Crippen molar-refractivity contribution in [3.8, 4) is 5.75 Å². The van der Waals surface area contributed by atoms with Crippen LogP contribution in [-0.4, -0.2) is 16.9 Å². The first kappa shape index (κ1) is 13.1. The number of methoxy groups -OCH3 is 1. The lowest BCUT2D eigenvalue weighted by Crippen LogP contribution is -2.30. The summed E-state index contributed by atoms with van der Waals surface area (Å²) >= 11 is 1.73. The molecule has 98 valence electrons. The fraction of sp³-hybridized carbons (Fsp3) is 0.417. The second-order valence-corrected chi connectivity index (χ2v) is 5.50. The zero-order chi connectivity index (χ0) is 13.3. The summed E-state index contributed by atoms with van der Waals surface area (Å²) in [6, 6.07) is 2.04. The van der Waals surface area contributed by atoms with Gasteiger partial charge in [0.2, 0.25) is 0 Å². The number of nitrogens with zero attached hydrogens (tertiary/aromatic N) is 2. The number of ether oxygens (including phenoxy) is 1. The number of aromatic nitrogens is 2. The van der Waals surface area contributed by atoms with Crippen LogP contribution in [0.2, 0.25) is 0 Å². The molecule has 0 radical (unpaired) electrons. The summed E-state index contributed by atoms with van der Waals surface area (Å²) < 4.78 is 7.12. The number of aryl methyl sites for hydroxylation is 3. The first-order chi connectivity index (χ1) is 8.58. The van der Waals surface area contributed by atoms with Crippen LogP contribution in [0.1, 0.15) is 27.1 Å². The van der Waals surface area contributed by atoms with Gasteiger partial charge in [-0.25, -0.2) is 5.43 Å². The van der Waals surface area contributed by atoms with E-state index >= 15 is 0 Å². The van der Waals surface area contributed by atoms with Gasteiger partial charge >= 0.3 is 0 Å². The van der Waals surface area contributed by atoms with Crippen LogP contribution < -0.4 is 16.0 Å².